The monoisotopic (exact) mass is 271 g/mol. The number of rotatable bonds is 4. The Kier molecular flexibility index (Phi) is 3.74. The average Bonchev–Trinajstić information content (AvgIpc) is 3.08. The van der Waals surface area contributed by atoms with Gasteiger partial charge in [0, 0.05) is 24.2 Å². The van der Waals surface area contributed by atoms with Crippen molar-refractivity contribution in [1.29, 1.82) is 0 Å². The molecule has 3 N–H and O–H groups in total. The standard InChI is InChI=1S/C16H21N3O/c1-11-18-16(10-20-11)12-5-7-14(8-6-12)19-15-4-2-3-13(15)9-17/h5-8,10,13,15,19H,2-4,9,17H2,1H3. The molecule has 20 heavy (non-hydrogen) atoms. The van der Waals surface area contributed by atoms with E-state index in [4.69, 9.17) is 10.2 Å². The van der Waals surface area contributed by atoms with Gasteiger partial charge >= 0.3 is 0 Å². The molecule has 1 heterocycles. The van der Waals surface area contributed by atoms with Gasteiger partial charge in [0.2, 0.25) is 0 Å². The number of benzene rings is 1. The first-order chi connectivity index (χ1) is 9.76. The molecule has 1 fully saturated rings. The second kappa shape index (κ2) is 5.67. The van der Waals surface area contributed by atoms with E-state index >= 15 is 0 Å². The zero-order chi connectivity index (χ0) is 13.9. The van der Waals surface area contributed by atoms with Gasteiger partial charge in [-0.3, -0.25) is 0 Å². The molecular formula is C16H21N3O. The first kappa shape index (κ1) is 13.2. The minimum absolute atomic E-state index is 0.514. The van der Waals surface area contributed by atoms with Crippen molar-refractivity contribution in [3.8, 4) is 11.3 Å². The van der Waals surface area contributed by atoms with Gasteiger partial charge in [0.05, 0.1) is 0 Å². The Labute approximate surface area is 119 Å². The molecule has 1 aliphatic carbocycles. The summed E-state index contributed by atoms with van der Waals surface area (Å²) in [4.78, 5) is 4.34. The molecule has 106 valence electrons. The molecule has 2 aromatic rings. The smallest absolute Gasteiger partial charge is 0.191 e. The second-order valence-corrected chi connectivity index (χ2v) is 5.51. The summed E-state index contributed by atoms with van der Waals surface area (Å²) in [5, 5.41) is 3.60. The minimum atomic E-state index is 0.514. The lowest BCUT2D eigenvalue weighted by Crippen LogP contribution is -2.29. The fourth-order valence-electron chi connectivity index (χ4n) is 2.96. The van der Waals surface area contributed by atoms with E-state index in [1.807, 2.05) is 6.92 Å². The average molecular weight is 271 g/mol. The van der Waals surface area contributed by atoms with Gasteiger partial charge in [0.25, 0.3) is 0 Å². The molecule has 1 saturated carbocycles. The van der Waals surface area contributed by atoms with E-state index in [0.29, 0.717) is 17.9 Å². The summed E-state index contributed by atoms with van der Waals surface area (Å²) in [6, 6.07) is 8.87. The molecule has 1 aliphatic rings. The quantitative estimate of drug-likeness (QED) is 0.896. The van der Waals surface area contributed by atoms with Crippen LogP contribution in [0.25, 0.3) is 11.3 Å². The normalized spacial score (nSPS) is 22.1. The van der Waals surface area contributed by atoms with Crippen molar-refractivity contribution in [1.82, 2.24) is 4.98 Å². The molecule has 0 aliphatic heterocycles. The predicted octanol–water partition coefficient (Wildman–Crippen LogP) is 3.19. The van der Waals surface area contributed by atoms with Gasteiger partial charge in [-0.25, -0.2) is 4.98 Å². The van der Waals surface area contributed by atoms with Gasteiger partial charge < -0.3 is 15.5 Å². The zero-order valence-electron chi connectivity index (χ0n) is 11.8. The lowest BCUT2D eigenvalue weighted by molar-refractivity contribution is 0.516. The molecule has 0 radical (unpaired) electrons. The van der Waals surface area contributed by atoms with Crippen LogP contribution in [0.5, 0.6) is 0 Å². The van der Waals surface area contributed by atoms with E-state index in [1.54, 1.807) is 6.26 Å². The van der Waals surface area contributed by atoms with E-state index in [9.17, 15) is 0 Å². The van der Waals surface area contributed by atoms with Crippen molar-refractivity contribution in [3.63, 3.8) is 0 Å². The van der Waals surface area contributed by atoms with E-state index in [2.05, 4.69) is 34.6 Å². The lowest BCUT2D eigenvalue weighted by Gasteiger charge is -2.20. The largest absolute Gasteiger partial charge is 0.449 e. The number of nitrogens with zero attached hydrogens (tertiary/aromatic N) is 1. The van der Waals surface area contributed by atoms with E-state index < -0.39 is 0 Å². The maximum atomic E-state index is 5.82. The summed E-state index contributed by atoms with van der Waals surface area (Å²) in [7, 11) is 0. The van der Waals surface area contributed by atoms with Crippen LogP contribution in [0.1, 0.15) is 25.2 Å². The Morgan fingerprint density at radius 3 is 2.75 bits per heavy atom. The summed E-state index contributed by atoms with van der Waals surface area (Å²) in [6.45, 7) is 2.63. The van der Waals surface area contributed by atoms with Gasteiger partial charge in [0.15, 0.2) is 5.89 Å². The van der Waals surface area contributed by atoms with Crippen LogP contribution in [0.15, 0.2) is 34.9 Å². The van der Waals surface area contributed by atoms with Crippen LogP contribution in [-0.2, 0) is 0 Å². The zero-order valence-corrected chi connectivity index (χ0v) is 11.8. The molecular weight excluding hydrogens is 250 g/mol. The first-order valence-electron chi connectivity index (χ1n) is 7.25. The topological polar surface area (TPSA) is 64.1 Å². The lowest BCUT2D eigenvalue weighted by atomic mass is 10.0. The minimum Gasteiger partial charge on any atom is -0.449 e. The Morgan fingerprint density at radius 2 is 2.10 bits per heavy atom. The highest BCUT2D eigenvalue weighted by molar-refractivity contribution is 5.62. The van der Waals surface area contributed by atoms with Gasteiger partial charge in [0.1, 0.15) is 12.0 Å². The van der Waals surface area contributed by atoms with E-state index in [1.165, 1.54) is 19.3 Å². The molecule has 4 heteroatoms. The van der Waals surface area contributed by atoms with E-state index in [0.717, 1.165) is 23.5 Å². The van der Waals surface area contributed by atoms with E-state index in [-0.39, 0.29) is 0 Å². The van der Waals surface area contributed by atoms with Crippen LogP contribution in [0, 0.1) is 12.8 Å². The number of nitrogens with one attached hydrogen (secondary N) is 1. The van der Waals surface area contributed by atoms with Crippen molar-refractivity contribution >= 4 is 5.69 Å². The number of oxazole rings is 1. The third-order valence-electron chi connectivity index (χ3n) is 4.11. The molecule has 4 nitrogen and oxygen atoms in total. The van der Waals surface area contributed by atoms with Crippen LogP contribution in [-0.4, -0.2) is 17.6 Å². The fraction of sp³-hybridized carbons (Fsp3) is 0.438. The summed E-state index contributed by atoms with van der Waals surface area (Å²) in [6.07, 6.45) is 5.42. The molecule has 0 saturated heterocycles. The highest BCUT2D eigenvalue weighted by Crippen LogP contribution is 2.28. The number of nitrogens with two attached hydrogens (primary N) is 1. The summed E-state index contributed by atoms with van der Waals surface area (Å²) >= 11 is 0. The molecule has 3 rings (SSSR count). The van der Waals surface area contributed by atoms with Gasteiger partial charge in [-0.2, -0.15) is 0 Å². The van der Waals surface area contributed by atoms with Crippen LogP contribution in [0.3, 0.4) is 0 Å². The van der Waals surface area contributed by atoms with Crippen LogP contribution in [0.2, 0.25) is 0 Å². The third kappa shape index (κ3) is 2.70. The van der Waals surface area contributed by atoms with Crippen LogP contribution in [0.4, 0.5) is 5.69 Å². The van der Waals surface area contributed by atoms with Crippen molar-refractivity contribution in [2.45, 2.75) is 32.2 Å². The van der Waals surface area contributed by atoms with Crippen molar-refractivity contribution in [2.24, 2.45) is 11.7 Å². The molecule has 0 spiro atoms. The molecule has 0 amide bonds. The molecule has 0 bridgehead atoms. The Bertz CT molecular complexity index is 561. The highest BCUT2D eigenvalue weighted by atomic mass is 16.3. The molecule has 2 atom stereocenters. The van der Waals surface area contributed by atoms with Crippen molar-refractivity contribution in [3.05, 3.63) is 36.4 Å². The predicted molar refractivity (Wildman–Crippen MR) is 80.5 cm³/mol. The van der Waals surface area contributed by atoms with Gasteiger partial charge in [-0.1, -0.05) is 18.6 Å². The Morgan fingerprint density at radius 1 is 1.30 bits per heavy atom. The molecule has 2 unspecified atom stereocenters. The van der Waals surface area contributed by atoms with Gasteiger partial charge in [-0.15, -0.1) is 0 Å². The van der Waals surface area contributed by atoms with Gasteiger partial charge in [-0.05, 0) is 37.4 Å². The van der Waals surface area contributed by atoms with Crippen LogP contribution < -0.4 is 11.1 Å². The van der Waals surface area contributed by atoms with Crippen molar-refractivity contribution in [2.75, 3.05) is 11.9 Å². The number of aryl methyl sites for hydroxylation is 1. The van der Waals surface area contributed by atoms with Crippen LogP contribution >= 0.6 is 0 Å². The maximum Gasteiger partial charge on any atom is 0.191 e. The van der Waals surface area contributed by atoms with Crippen molar-refractivity contribution < 1.29 is 4.42 Å². The highest BCUT2D eigenvalue weighted by Gasteiger charge is 2.25. The summed E-state index contributed by atoms with van der Waals surface area (Å²) in [5.74, 6) is 1.30. The number of aromatic nitrogens is 1. The summed E-state index contributed by atoms with van der Waals surface area (Å²) < 4.78 is 5.24. The Balaban J connectivity index is 1.70. The summed E-state index contributed by atoms with van der Waals surface area (Å²) in [5.41, 5.74) is 8.94. The maximum absolute atomic E-state index is 5.82. The second-order valence-electron chi connectivity index (χ2n) is 5.51. The number of hydrogen-bond donors (Lipinski definition) is 2. The molecule has 1 aromatic carbocycles. The SMILES string of the molecule is Cc1nc(-c2ccc(NC3CCCC3CN)cc2)co1. The molecule has 1 aromatic heterocycles. The third-order valence-corrected chi connectivity index (χ3v) is 4.11. The first-order valence-corrected chi connectivity index (χ1v) is 7.25. The number of anilines is 1. The number of hydrogen-bond acceptors (Lipinski definition) is 4. The fourth-order valence-corrected chi connectivity index (χ4v) is 2.96. The Hall–Kier alpha value is -1.81.